The maximum atomic E-state index is 11.9. The van der Waals surface area contributed by atoms with Crippen LogP contribution in [0.2, 0.25) is 0 Å². The number of halogens is 1. The van der Waals surface area contributed by atoms with E-state index in [0.717, 1.165) is 25.1 Å². The summed E-state index contributed by atoms with van der Waals surface area (Å²) in [4.78, 5) is 11.9. The first-order valence-corrected chi connectivity index (χ1v) is 7.43. The number of benzene rings is 1. The molecule has 5 nitrogen and oxygen atoms in total. The van der Waals surface area contributed by atoms with Crippen LogP contribution in [-0.2, 0) is 9.53 Å². The van der Waals surface area contributed by atoms with Crippen LogP contribution in [0.1, 0.15) is 19.3 Å². The highest BCUT2D eigenvalue weighted by atomic mass is 35.5. The van der Waals surface area contributed by atoms with E-state index in [-0.39, 0.29) is 23.9 Å². The quantitative estimate of drug-likeness (QED) is 0.763. The van der Waals surface area contributed by atoms with Crippen molar-refractivity contribution in [1.29, 1.82) is 0 Å². The monoisotopic (exact) mass is 328 g/mol. The molecule has 2 rings (SSSR count). The van der Waals surface area contributed by atoms with E-state index in [9.17, 15) is 4.79 Å². The molecule has 0 aromatic heterocycles. The van der Waals surface area contributed by atoms with Gasteiger partial charge in [0.2, 0.25) is 5.91 Å². The average Bonchev–Trinajstić information content (AvgIpc) is 2.96. The van der Waals surface area contributed by atoms with E-state index in [1.54, 1.807) is 7.11 Å². The van der Waals surface area contributed by atoms with E-state index in [2.05, 4.69) is 10.6 Å². The van der Waals surface area contributed by atoms with Gasteiger partial charge in [-0.1, -0.05) is 18.2 Å². The highest BCUT2D eigenvalue weighted by Gasteiger charge is 2.33. The largest absolute Gasteiger partial charge is 0.493 e. The summed E-state index contributed by atoms with van der Waals surface area (Å²) in [6.07, 6.45) is 2.51. The van der Waals surface area contributed by atoms with Crippen molar-refractivity contribution in [3.8, 4) is 5.75 Å². The summed E-state index contributed by atoms with van der Waals surface area (Å²) in [6.45, 7) is 2.59. The summed E-state index contributed by atoms with van der Waals surface area (Å²) in [7, 11) is 1.69. The minimum atomic E-state index is -0.106. The summed E-state index contributed by atoms with van der Waals surface area (Å²) < 4.78 is 10.8. The molecule has 0 saturated carbocycles. The van der Waals surface area contributed by atoms with E-state index in [4.69, 9.17) is 9.47 Å². The van der Waals surface area contributed by atoms with E-state index in [1.165, 1.54) is 0 Å². The average molecular weight is 329 g/mol. The van der Waals surface area contributed by atoms with E-state index in [0.29, 0.717) is 26.2 Å². The van der Waals surface area contributed by atoms with Gasteiger partial charge in [-0.2, -0.15) is 0 Å². The predicted molar refractivity (Wildman–Crippen MR) is 88.7 cm³/mol. The molecule has 0 radical (unpaired) electrons. The first kappa shape index (κ1) is 18.7. The van der Waals surface area contributed by atoms with Gasteiger partial charge < -0.3 is 20.1 Å². The van der Waals surface area contributed by atoms with Crippen molar-refractivity contribution in [3.05, 3.63) is 30.3 Å². The minimum absolute atomic E-state index is 0. The standard InChI is InChI=1S/C16H24N2O3.ClH/c1-20-13-16(9-5-10-18-16)12-17-15(19)8-11-21-14-6-3-2-4-7-14;/h2-4,6-7,18H,5,8-13H2,1H3,(H,17,19);1H. The normalized spacial score (nSPS) is 20.2. The third kappa shape index (κ3) is 5.83. The smallest absolute Gasteiger partial charge is 0.223 e. The SMILES string of the molecule is COCC1(CNC(=O)CCOc2ccccc2)CCCN1.Cl. The molecular weight excluding hydrogens is 304 g/mol. The zero-order valence-corrected chi connectivity index (χ0v) is 13.8. The number of rotatable bonds is 8. The Kier molecular flexibility index (Phi) is 8.24. The van der Waals surface area contributed by atoms with Crippen LogP contribution in [0.5, 0.6) is 5.75 Å². The molecule has 1 aromatic rings. The molecule has 2 N–H and O–H groups in total. The van der Waals surface area contributed by atoms with Crippen LogP contribution in [-0.4, -0.2) is 44.9 Å². The lowest BCUT2D eigenvalue weighted by atomic mass is 9.98. The van der Waals surface area contributed by atoms with Gasteiger partial charge in [-0.25, -0.2) is 0 Å². The number of carbonyl (C=O) groups is 1. The van der Waals surface area contributed by atoms with Gasteiger partial charge in [0.15, 0.2) is 0 Å². The van der Waals surface area contributed by atoms with Crippen LogP contribution in [0.25, 0.3) is 0 Å². The Labute approximate surface area is 138 Å². The second-order valence-corrected chi connectivity index (χ2v) is 5.43. The summed E-state index contributed by atoms with van der Waals surface area (Å²) in [5.41, 5.74) is -0.106. The van der Waals surface area contributed by atoms with Crippen molar-refractivity contribution in [1.82, 2.24) is 10.6 Å². The van der Waals surface area contributed by atoms with Crippen molar-refractivity contribution in [3.63, 3.8) is 0 Å². The van der Waals surface area contributed by atoms with E-state index < -0.39 is 0 Å². The summed E-state index contributed by atoms with van der Waals surface area (Å²) >= 11 is 0. The highest BCUT2D eigenvalue weighted by molar-refractivity contribution is 5.85. The Hall–Kier alpha value is -1.30. The van der Waals surface area contributed by atoms with Crippen LogP contribution >= 0.6 is 12.4 Å². The Balaban J connectivity index is 0.00000242. The molecule has 1 fully saturated rings. The van der Waals surface area contributed by atoms with Crippen molar-refractivity contribution in [2.75, 3.05) is 33.4 Å². The molecule has 1 aliphatic heterocycles. The Bertz CT molecular complexity index is 436. The van der Waals surface area contributed by atoms with Crippen molar-refractivity contribution in [2.24, 2.45) is 0 Å². The molecule has 1 saturated heterocycles. The molecule has 6 heteroatoms. The molecule has 1 amide bonds. The lowest BCUT2D eigenvalue weighted by molar-refractivity contribution is -0.122. The number of nitrogens with one attached hydrogen (secondary N) is 2. The first-order valence-electron chi connectivity index (χ1n) is 7.43. The number of hydrogen-bond donors (Lipinski definition) is 2. The van der Waals surface area contributed by atoms with E-state index >= 15 is 0 Å². The Morgan fingerprint density at radius 1 is 1.36 bits per heavy atom. The van der Waals surface area contributed by atoms with Crippen LogP contribution in [0.3, 0.4) is 0 Å². The highest BCUT2D eigenvalue weighted by Crippen LogP contribution is 2.18. The van der Waals surface area contributed by atoms with Gasteiger partial charge in [0.1, 0.15) is 5.75 Å². The minimum Gasteiger partial charge on any atom is -0.493 e. The zero-order valence-electron chi connectivity index (χ0n) is 13.0. The van der Waals surface area contributed by atoms with Crippen LogP contribution in [0, 0.1) is 0 Å². The Morgan fingerprint density at radius 3 is 2.77 bits per heavy atom. The Morgan fingerprint density at radius 2 is 2.14 bits per heavy atom. The summed E-state index contributed by atoms with van der Waals surface area (Å²) in [6, 6.07) is 9.52. The van der Waals surface area contributed by atoms with Gasteiger partial charge in [0.25, 0.3) is 0 Å². The van der Waals surface area contributed by atoms with Gasteiger partial charge in [0.05, 0.1) is 25.2 Å². The molecule has 0 bridgehead atoms. The van der Waals surface area contributed by atoms with Crippen LogP contribution in [0.15, 0.2) is 30.3 Å². The third-order valence-corrected chi connectivity index (χ3v) is 3.72. The van der Waals surface area contributed by atoms with Crippen molar-refractivity contribution >= 4 is 18.3 Å². The van der Waals surface area contributed by atoms with Gasteiger partial charge in [-0.05, 0) is 31.5 Å². The second kappa shape index (κ2) is 9.66. The van der Waals surface area contributed by atoms with Gasteiger partial charge in [-0.3, -0.25) is 4.79 Å². The lowest BCUT2D eigenvalue weighted by Crippen LogP contribution is -2.53. The summed E-state index contributed by atoms with van der Waals surface area (Å²) in [5, 5.41) is 6.41. The fourth-order valence-corrected chi connectivity index (χ4v) is 2.60. The zero-order chi connectivity index (χ0) is 15.0. The molecule has 0 aliphatic carbocycles. The first-order chi connectivity index (χ1) is 10.2. The second-order valence-electron chi connectivity index (χ2n) is 5.43. The predicted octanol–water partition coefficient (Wildman–Crippen LogP) is 1.76. The number of ether oxygens (including phenoxy) is 2. The lowest BCUT2D eigenvalue weighted by Gasteiger charge is -2.28. The van der Waals surface area contributed by atoms with Gasteiger partial charge >= 0.3 is 0 Å². The molecule has 1 atom stereocenters. The maximum absolute atomic E-state index is 11.9. The fraction of sp³-hybridized carbons (Fsp3) is 0.562. The number of hydrogen-bond acceptors (Lipinski definition) is 4. The molecule has 1 aliphatic rings. The number of amides is 1. The molecule has 1 unspecified atom stereocenters. The van der Waals surface area contributed by atoms with Crippen LogP contribution in [0.4, 0.5) is 0 Å². The third-order valence-electron chi connectivity index (χ3n) is 3.72. The summed E-state index contributed by atoms with van der Waals surface area (Å²) in [5.74, 6) is 0.800. The van der Waals surface area contributed by atoms with Gasteiger partial charge in [-0.15, -0.1) is 12.4 Å². The van der Waals surface area contributed by atoms with Crippen molar-refractivity contribution < 1.29 is 14.3 Å². The molecule has 1 aromatic carbocycles. The number of methoxy groups -OCH3 is 1. The molecule has 1 heterocycles. The topological polar surface area (TPSA) is 59.6 Å². The molecule has 22 heavy (non-hydrogen) atoms. The van der Waals surface area contributed by atoms with Gasteiger partial charge in [0, 0.05) is 13.7 Å². The number of carbonyl (C=O) groups excluding carboxylic acids is 1. The fourth-order valence-electron chi connectivity index (χ4n) is 2.60. The molecule has 124 valence electrons. The number of para-hydroxylation sites is 1. The van der Waals surface area contributed by atoms with E-state index in [1.807, 2.05) is 30.3 Å². The van der Waals surface area contributed by atoms with Crippen LogP contribution < -0.4 is 15.4 Å². The maximum Gasteiger partial charge on any atom is 0.223 e. The molecular formula is C16H25ClN2O3. The molecule has 0 spiro atoms. The van der Waals surface area contributed by atoms with Crippen molar-refractivity contribution in [2.45, 2.75) is 24.8 Å².